The van der Waals surface area contributed by atoms with E-state index in [1.807, 2.05) is 110 Å². The molecule has 0 heterocycles. The lowest BCUT2D eigenvalue weighted by molar-refractivity contribution is 0.459. The molecular formula is C33H28O3. The Bertz CT molecular complexity index is 1510. The Labute approximate surface area is 211 Å². The van der Waals surface area contributed by atoms with E-state index in [-0.39, 0.29) is 17.2 Å². The highest BCUT2D eigenvalue weighted by molar-refractivity contribution is 5.72. The molecule has 0 amide bonds. The zero-order chi connectivity index (χ0) is 25.1. The standard InChI is InChI=1S/C33H28O3/c1-22-17-27(19-23-15-16-31(34)30(20-23)25-11-6-3-7-12-25)32(35)28(18-22)21-26-13-8-14-29(33(26)36)24-9-4-2-5-10-24/h2-18,20,34-36H,19,21H2,1H3. The fraction of sp³-hybridized carbons (Fsp3) is 0.0909. The van der Waals surface area contributed by atoms with Crippen LogP contribution in [0.1, 0.15) is 27.8 Å². The topological polar surface area (TPSA) is 60.7 Å². The summed E-state index contributed by atoms with van der Waals surface area (Å²) < 4.78 is 0. The van der Waals surface area contributed by atoms with Crippen LogP contribution in [0.15, 0.2) is 109 Å². The molecule has 5 rings (SSSR count). The molecule has 5 aromatic rings. The summed E-state index contributed by atoms with van der Waals surface area (Å²) in [4.78, 5) is 0. The third-order valence-electron chi connectivity index (χ3n) is 6.54. The minimum absolute atomic E-state index is 0.230. The first-order valence-electron chi connectivity index (χ1n) is 12.0. The Balaban J connectivity index is 1.47. The molecule has 5 aromatic carbocycles. The molecule has 0 aliphatic rings. The van der Waals surface area contributed by atoms with Crippen LogP contribution in [0.5, 0.6) is 17.2 Å². The van der Waals surface area contributed by atoms with Crippen molar-refractivity contribution in [1.29, 1.82) is 0 Å². The van der Waals surface area contributed by atoms with Gasteiger partial charge < -0.3 is 15.3 Å². The maximum Gasteiger partial charge on any atom is 0.126 e. The van der Waals surface area contributed by atoms with Gasteiger partial charge in [0.05, 0.1) is 0 Å². The number of hydrogen-bond acceptors (Lipinski definition) is 3. The van der Waals surface area contributed by atoms with Crippen molar-refractivity contribution >= 4 is 0 Å². The number of phenols is 3. The quantitative estimate of drug-likeness (QED) is 0.238. The lowest BCUT2D eigenvalue weighted by Gasteiger charge is -2.15. The molecule has 36 heavy (non-hydrogen) atoms. The Morgan fingerprint density at radius 1 is 0.500 bits per heavy atom. The summed E-state index contributed by atoms with van der Waals surface area (Å²) in [6.45, 7) is 2.01. The number of para-hydroxylation sites is 1. The summed E-state index contributed by atoms with van der Waals surface area (Å²) in [5.74, 6) is 0.699. The van der Waals surface area contributed by atoms with E-state index in [1.165, 1.54) is 0 Å². The maximum atomic E-state index is 11.2. The number of benzene rings is 5. The number of aryl methyl sites for hydroxylation is 1. The fourth-order valence-electron chi connectivity index (χ4n) is 4.76. The third-order valence-corrected chi connectivity index (χ3v) is 6.54. The summed E-state index contributed by atoms with van der Waals surface area (Å²) >= 11 is 0. The van der Waals surface area contributed by atoms with Crippen LogP contribution in [0.25, 0.3) is 22.3 Å². The Kier molecular flexibility index (Phi) is 6.46. The van der Waals surface area contributed by atoms with Gasteiger partial charge >= 0.3 is 0 Å². The van der Waals surface area contributed by atoms with E-state index < -0.39 is 0 Å². The van der Waals surface area contributed by atoms with Crippen LogP contribution in [0.3, 0.4) is 0 Å². The number of rotatable bonds is 6. The van der Waals surface area contributed by atoms with E-state index in [4.69, 9.17) is 0 Å². The first-order chi connectivity index (χ1) is 17.5. The summed E-state index contributed by atoms with van der Waals surface area (Å²) in [5, 5.41) is 32.7. The number of phenolic OH excluding ortho intramolecular Hbond substituents is 3. The second-order valence-electron chi connectivity index (χ2n) is 9.18. The highest BCUT2D eigenvalue weighted by Crippen LogP contribution is 2.37. The van der Waals surface area contributed by atoms with Crippen molar-refractivity contribution in [1.82, 2.24) is 0 Å². The summed E-state index contributed by atoms with van der Waals surface area (Å²) in [6.07, 6.45) is 0.939. The van der Waals surface area contributed by atoms with Crippen LogP contribution in [0, 0.1) is 6.92 Å². The molecule has 0 spiro atoms. The van der Waals surface area contributed by atoms with Crippen LogP contribution in [-0.4, -0.2) is 15.3 Å². The predicted octanol–water partition coefficient (Wildman–Crippen LogP) is 7.63. The van der Waals surface area contributed by atoms with Gasteiger partial charge in [0.1, 0.15) is 17.2 Å². The van der Waals surface area contributed by atoms with Gasteiger partial charge in [0.2, 0.25) is 0 Å². The smallest absolute Gasteiger partial charge is 0.126 e. The average molecular weight is 473 g/mol. The lowest BCUT2D eigenvalue weighted by Crippen LogP contribution is -1.97. The molecule has 0 saturated heterocycles. The number of aromatic hydroxyl groups is 3. The maximum absolute atomic E-state index is 11.2. The SMILES string of the molecule is Cc1cc(Cc2ccc(O)c(-c3ccccc3)c2)c(O)c(Cc2cccc(-c3ccccc3)c2O)c1. The van der Waals surface area contributed by atoms with Crippen molar-refractivity contribution in [3.05, 3.63) is 137 Å². The summed E-state index contributed by atoms with van der Waals surface area (Å²) in [6, 6.07) is 34.9. The predicted molar refractivity (Wildman–Crippen MR) is 146 cm³/mol. The van der Waals surface area contributed by atoms with Gasteiger partial charge in [-0.05, 0) is 52.4 Å². The van der Waals surface area contributed by atoms with Gasteiger partial charge in [0, 0.05) is 24.0 Å². The molecule has 0 unspecified atom stereocenters. The van der Waals surface area contributed by atoms with Crippen molar-refractivity contribution in [3.8, 4) is 39.5 Å². The monoisotopic (exact) mass is 472 g/mol. The molecule has 0 bridgehead atoms. The fourth-order valence-corrected chi connectivity index (χ4v) is 4.76. The molecule has 3 nitrogen and oxygen atoms in total. The Morgan fingerprint density at radius 2 is 1.11 bits per heavy atom. The molecular weight excluding hydrogens is 444 g/mol. The van der Waals surface area contributed by atoms with Crippen molar-refractivity contribution in [2.75, 3.05) is 0 Å². The molecule has 0 atom stereocenters. The highest BCUT2D eigenvalue weighted by Gasteiger charge is 2.15. The molecule has 0 aliphatic carbocycles. The van der Waals surface area contributed by atoms with Crippen LogP contribution in [0.2, 0.25) is 0 Å². The molecule has 3 heteroatoms. The van der Waals surface area contributed by atoms with Crippen molar-refractivity contribution < 1.29 is 15.3 Å². The van der Waals surface area contributed by atoms with Crippen LogP contribution >= 0.6 is 0 Å². The van der Waals surface area contributed by atoms with Gasteiger partial charge in [-0.1, -0.05) is 103 Å². The number of hydrogen-bond donors (Lipinski definition) is 3. The molecule has 3 N–H and O–H groups in total. The van der Waals surface area contributed by atoms with Gasteiger partial charge in [-0.2, -0.15) is 0 Å². The minimum atomic E-state index is 0.230. The van der Waals surface area contributed by atoms with E-state index in [9.17, 15) is 15.3 Å². The van der Waals surface area contributed by atoms with Crippen molar-refractivity contribution in [3.63, 3.8) is 0 Å². The minimum Gasteiger partial charge on any atom is -0.507 e. The van der Waals surface area contributed by atoms with E-state index in [1.54, 1.807) is 6.07 Å². The zero-order valence-electron chi connectivity index (χ0n) is 20.1. The van der Waals surface area contributed by atoms with E-state index in [2.05, 4.69) is 0 Å². The highest BCUT2D eigenvalue weighted by atomic mass is 16.3. The van der Waals surface area contributed by atoms with E-state index in [0.717, 1.165) is 50.1 Å². The van der Waals surface area contributed by atoms with Gasteiger partial charge in [0.15, 0.2) is 0 Å². The van der Waals surface area contributed by atoms with Gasteiger partial charge in [0.25, 0.3) is 0 Å². The molecule has 0 radical (unpaired) electrons. The first-order valence-corrected chi connectivity index (χ1v) is 12.0. The van der Waals surface area contributed by atoms with E-state index >= 15 is 0 Å². The second kappa shape index (κ2) is 10.0. The summed E-state index contributed by atoms with van der Waals surface area (Å²) in [5.41, 5.74) is 7.82. The molecule has 0 aromatic heterocycles. The molecule has 0 saturated carbocycles. The Morgan fingerprint density at radius 3 is 1.78 bits per heavy atom. The largest absolute Gasteiger partial charge is 0.507 e. The van der Waals surface area contributed by atoms with Crippen molar-refractivity contribution in [2.45, 2.75) is 19.8 Å². The lowest BCUT2D eigenvalue weighted by atomic mass is 9.92. The second-order valence-corrected chi connectivity index (χ2v) is 9.18. The Hall–Kier alpha value is -4.50. The summed E-state index contributed by atoms with van der Waals surface area (Å²) in [7, 11) is 0. The first kappa shape index (κ1) is 23.3. The molecule has 0 fully saturated rings. The van der Waals surface area contributed by atoms with E-state index in [0.29, 0.717) is 12.8 Å². The van der Waals surface area contributed by atoms with Gasteiger partial charge in [-0.15, -0.1) is 0 Å². The van der Waals surface area contributed by atoms with Crippen LogP contribution < -0.4 is 0 Å². The van der Waals surface area contributed by atoms with Crippen LogP contribution in [0.4, 0.5) is 0 Å². The third kappa shape index (κ3) is 4.82. The molecule has 178 valence electrons. The average Bonchev–Trinajstić information content (AvgIpc) is 2.90. The van der Waals surface area contributed by atoms with Crippen molar-refractivity contribution in [2.24, 2.45) is 0 Å². The molecule has 0 aliphatic heterocycles. The van der Waals surface area contributed by atoms with Gasteiger partial charge in [-0.25, -0.2) is 0 Å². The van der Waals surface area contributed by atoms with Crippen LogP contribution in [-0.2, 0) is 12.8 Å². The normalized spacial score (nSPS) is 10.9. The zero-order valence-corrected chi connectivity index (χ0v) is 20.1. The van der Waals surface area contributed by atoms with Gasteiger partial charge in [-0.3, -0.25) is 0 Å².